The largest absolute Gasteiger partial charge is 0.396 e. The van der Waals surface area contributed by atoms with Crippen molar-refractivity contribution in [3.05, 3.63) is 11.6 Å². The SMILES string of the molecule is C/C=C(/C)COC.NC=S.OS. The molecule has 0 unspecified atom stereocenters. The van der Waals surface area contributed by atoms with Gasteiger partial charge in [-0.1, -0.05) is 23.9 Å². The molecule has 0 bridgehead atoms. The molecule has 0 aliphatic carbocycles. The lowest BCUT2D eigenvalue weighted by atomic mass is 10.3. The Bertz CT molecular complexity index is 108. The van der Waals surface area contributed by atoms with Crippen molar-refractivity contribution >= 4 is 30.6 Å². The molecule has 5 heteroatoms. The van der Waals surface area contributed by atoms with E-state index in [0.29, 0.717) is 0 Å². The number of allylic oxidation sites excluding steroid dienone is 1. The van der Waals surface area contributed by atoms with Crippen molar-refractivity contribution in [3.63, 3.8) is 0 Å². The van der Waals surface area contributed by atoms with E-state index in [9.17, 15) is 0 Å². The highest BCUT2D eigenvalue weighted by Crippen LogP contribution is 1.88. The third-order valence-corrected chi connectivity index (χ3v) is 0.865. The maximum absolute atomic E-state index is 6.69. The molecule has 0 aromatic heterocycles. The Morgan fingerprint density at radius 2 is 2.00 bits per heavy atom. The van der Waals surface area contributed by atoms with Crippen LogP contribution in [-0.2, 0) is 4.74 Å². The van der Waals surface area contributed by atoms with Gasteiger partial charge in [0.2, 0.25) is 0 Å². The van der Waals surface area contributed by atoms with Gasteiger partial charge in [0.25, 0.3) is 0 Å². The molecule has 0 aromatic carbocycles. The molecular weight excluding hydrogens is 194 g/mol. The van der Waals surface area contributed by atoms with Crippen LogP contribution in [0.4, 0.5) is 0 Å². The Balaban J connectivity index is -0.000000137. The molecule has 0 rings (SSSR count). The minimum atomic E-state index is 0.760. The summed E-state index contributed by atoms with van der Waals surface area (Å²) in [5, 5.41) is 0. The summed E-state index contributed by atoms with van der Waals surface area (Å²) in [6.07, 6.45) is 2.05. The quantitative estimate of drug-likeness (QED) is 0.282. The summed E-state index contributed by atoms with van der Waals surface area (Å²) in [5.41, 5.74) is 6.90. The van der Waals surface area contributed by atoms with Gasteiger partial charge in [0.05, 0.1) is 12.1 Å². The van der Waals surface area contributed by atoms with E-state index in [0.717, 1.165) is 12.1 Å². The Hall–Kier alpha value is -0.100. The molecule has 0 aromatic rings. The van der Waals surface area contributed by atoms with E-state index < -0.39 is 0 Å². The maximum Gasteiger partial charge on any atom is 0.0670 e. The van der Waals surface area contributed by atoms with Crippen LogP contribution in [0, 0.1) is 0 Å². The van der Waals surface area contributed by atoms with Gasteiger partial charge in [0, 0.05) is 7.11 Å². The molecular formula is C7H17NO2S2. The van der Waals surface area contributed by atoms with Crippen molar-refractivity contribution in [2.75, 3.05) is 13.7 Å². The fourth-order valence-corrected chi connectivity index (χ4v) is 0.311. The van der Waals surface area contributed by atoms with Gasteiger partial charge >= 0.3 is 0 Å². The molecule has 0 aliphatic rings. The molecule has 0 saturated heterocycles. The van der Waals surface area contributed by atoms with E-state index in [1.807, 2.05) is 19.9 Å². The first-order chi connectivity index (χ1) is 5.72. The second kappa shape index (κ2) is 22.4. The lowest BCUT2D eigenvalue weighted by Crippen LogP contribution is -1.87. The fraction of sp³-hybridized carbons (Fsp3) is 0.571. The predicted molar refractivity (Wildman–Crippen MR) is 60.8 cm³/mol. The monoisotopic (exact) mass is 211 g/mol. The summed E-state index contributed by atoms with van der Waals surface area (Å²) in [7, 11) is 1.70. The lowest BCUT2D eigenvalue weighted by molar-refractivity contribution is 0.226. The van der Waals surface area contributed by atoms with Gasteiger partial charge in [-0.15, -0.1) is 0 Å². The molecule has 3 N–H and O–H groups in total. The Morgan fingerprint density at radius 1 is 1.67 bits per heavy atom. The van der Waals surface area contributed by atoms with Gasteiger partial charge in [-0.05, 0) is 26.8 Å². The van der Waals surface area contributed by atoms with Crippen molar-refractivity contribution in [1.82, 2.24) is 0 Å². The van der Waals surface area contributed by atoms with Crippen LogP contribution < -0.4 is 5.73 Å². The predicted octanol–water partition coefficient (Wildman–Crippen LogP) is 1.89. The highest BCUT2D eigenvalue weighted by molar-refractivity contribution is 7.78. The summed E-state index contributed by atoms with van der Waals surface area (Å²) in [6.45, 7) is 4.81. The van der Waals surface area contributed by atoms with Crippen LogP contribution in [0.1, 0.15) is 13.8 Å². The lowest BCUT2D eigenvalue weighted by Gasteiger charge is -1.93. The van der Waals surface area contributed by atoms with Crippen LogP contribution >= 0.6 is 25.1 Å². The van der Waals surface area contributed by atoms with E-state index in [1.54, 1.807) is 7.11 Å². The van der Waals surface area contributed by atoms with Crippen LogP contribution in [0.25, 0.3) is 0 Å². The van der Waals surface area contributed by atoms with Gasteiger partial charge in [-0.25, -0.2) is 0 Å². The maximum atomic E-state index is 6.69. The minimum Gasteiger partial charge on any atom is -0.396 e. The standard InChI is InChI=1S/C6H12O.CH3NS.H2OS/c1-4-6(2)5-7-3;2-1-3;1-2/h4H,5H2,1-3H3;1H,(H2,2,3);1-2H/b6-4-;;. The van der Waals surface area contributed by atoms with Gasteiger partial charge < -0.3 is 15.0 Å². The molecule has 0 amide bonds. The molecule has 74 valence electrons. The first-order valence-corrected chi connectivity index (χ1v) is 4.06. The van der Waals surface area contributed by atoms with Crippen LogP contribution in [0.2, 0.25) is 0 Å². The van der Waals surface area contributed by atoms with E-state index >= 15 is 0 Å². The van der Waals surface area contributed by atoms with Crippen LogP contribution in [0.15, 0.2) is 11.6 Å². The van der Waals surface area contributed by atoms with Gasteiger partial charge in [0.1, 0.15) is 0 Å². The summed E-state index contributed by atoms with van der Waals surface area (Å²) >= 11 is 6.57. The van der Waals surface area contributed by atoms with E-state index in [-0.39, 0.29) is 0 Å². The number of rotatable bonds is 2. The third-order valence-electron chi connectivity index (χ3n) is 0.865. The molecule has 0 aliphatic heterocycles. The summed E-state index contributed by atoms with van der Waals surface area (Å²) in [5.74, 6) is 0. The number of hydrogen-bond acceptors (Lipinski definition) is 4. The number of nitrogens with two attached hydrogens (primary N) is 1. The van der Waals surface area contributed by atoms with E-state index in [4.69, 9.17) is 9.29 Å². The Morgan fingerprint density at radius 3 is 2.08 bits per heavy atom. The normalized spacial score (nSPS) is 8.58. The molecule has 0 saturated carbocycles. The van der Waals surface area contributed by atoms with Crippen molar-refractivity contribution in [1.29, 1.82) is 0 Å². The fourth-order valence-electron chi connectivity index (χ4n) is 0.311. The molecule has 12 heavy (non-hydrogen) atoms. The van der Waals surface area contributed by atoms with Crippen molar-refractivity contribution in [2.24, 2.45) is 5.73 Å². The second-order valence-electron chi connectivity index (χ2n) is 1.70. The third kappa shape index (κ3) is 32.7. The number of thiol groups is 1. The number of hydrogen-bond donors (Lipinski definition) is 3. The van der Waals surface area contributed by atoms with Crippen LogP contribution in [0.5, 0.6) is 0 Å². The second-order valence-corrected chi connectivity index (χ2v) is 1.98. The van der Waals surface area contributed by atoms with Gasteiger partial charge in [-0.2, -0.15) is 0 Å². The van der Waals surface area contributed by atoms with Gasteiger partial charge in [0.15, 0.2) is 0 Å². The first kappa shape index (κ1) is 17.8. The Labute approximate surface area is 85.2 Å². The minimum absolute atomic E-state index is 0.760. The van der Waals surface area contributed by atoms with Crippen molar-refractivity contribution in [2.45, 2.75) is 13.8 Å². The molecule has 0 heterocycles. The zero-order chi connectivity index (χ0) is 10.4. The smallest absolute Gasteiger partial charge is 0.0670 e. The summed E-state index contributed by atoms with van der Waals surface area (Å²) in [6, 6.07) is 0. The average Bonchev–Trinajstić information content (AvgIpc) is 2.10. The molecule has 0 fully saturated rings. The summed E-state index contributed by atoms with van der Waals surface area (Å²) < 4.78 is 11.5. The average molecular weight is 211 g/mol. The Kier molecular flexibility index (Phi) is 33.4. The van der Waals surface area contributed by atoms with Crippen molar-refractivity contribution < 1.29 is 9.29 Å². The molecule has 0 atom stereocenters. The number of methoxy groups -OCH3 is 1. The first-order valence-electron chi connectivity index (χ1n) is 3.19. The zero-order valence-electron chi connectivity index (χ0n) is 7.65. The molecule has 0 radical (unpaired) electrons. The van der Waals surface area contributed by atoms with Crippen LogP contribution in [-0.4, -0.2) is 23.8 Å². The van der Waals surface area contributed by atoms with Crippen LogP contribution in [0.3, 0.4) is 0 Å². The number of ether oxygens (including phenoxy) is 1. The number of thiocarbonyl (C=S) groups is 1. The molecule has 3 nitrogen and oxygen atoms in total. The summed E-state index contributed by atoms with van der Waals surface area (Å²) in [4.78, 5) is 0. The topological polar surface area (TPSA) is 55.5 Å². The molecule has 0 spiro atoms. The highest BCUT2D eigenvalue weighted by atomic mass is 32.1. The highest BCUT2D eigenvalue weighted by Gasteiger charge is 1.79. The van der Waals surface area contributed by atoms with Crippen molar-refractivity contribution in [3.8, 4) is 0 Å². The van der Waals surface area contributed by atoms with Gasteiger partial charge in [-0.3, -0.25) is 0 Å². The van der Waals surface area contributed by atoms with E-state index in [2.05, 4.69) is 30.9 Å². The zero-order valence-corrected chi connectivity index (χ0v) is 9.36. The van der Waals surface area contributed by atoms with E-state index in [1.165, 1.54) is 5.57 Å².